The van der Waals surface area contributed by atoms with Crippen LogP contribution in [0.5, 0.6) is 5.75 Å². The van der Waals surface area contributed by atoms with E-state index in [0.717, 1.165) is 24.2 Å². The largest absolute Gasteiger partial charge is 0.480 e. The molecule has 0 heterocycles. The van der Waals surface area contributed by atoms with Crippen molar-refractivity contribution in [1.82, 2.24) is 0 Å². The maximum absolute atomic E-state index is 12.7. The summed E-state index contributed by atoms with van der Waals surface area (Å²) >= 11 is 0. The van der Waals surface area contributed by atoms with Gasteiger partial charge in [0.2, 0.25) is 5.91 Å². The maximum atomic E-state index is 12.7. The van der Waals surface area contributed by atoms with Crippen LogP contribution in [0.3, 0.4) is 0 Å². The summed E-state index contributed by atoms with van der Waals surface area (Å²) in [6, 6.07) is 15.0. The number of rotatable bonds is 10. The van der Waals surface area contributed by atoms with E-state index < -0.39 is 6.10 Å². The molecule has 0 saturated heterocycles. The van der Waals surface area contributed by atoms with Crippen molar-refractivity contribution in [2.24, 2.45) is 0 Å². The topological polar surface area (TPSA) is 67.4 Å². The van der Waals surface area contributed by atoms with Crippen LogP contribution in [0.2, 0.25) is 0 Å². The number of para-hydroxylation sites is 1. The first-order chi connectivity index (χ1) is 14.0. The first-order valence-corrected chi connectivity index (χ1v) is 10.4. The Labute approximate surface area is 173 Å². The van der Waals surface area contributed by atoms with E-state index in [1.54, 1.807) is 24.3 Å². The van der Waals surface area contributed by atoms with Crippen molar-refractivity contribution in [2.75, 3.05) is 10.6 Å². The van der Waals surface area contributed by atoms with E-state index in [1.807, 2.05) is 32.0 Å². The Hall–Kier alpha value is -2.82. The lowest BCUT2D eigenvalue weighted by molar-refractivity contribution is -0.123. The fourth-order valence-corrected chi connectivity index (χ4v) is 3.00. The van der Waals surface area contributed by atoms with Crippen LogP contribution in [-0.2, 0) is 9.59 Å². The molecular formula is C24H32N2O3. The Kier molecular flexibility index (Phi) is 8.71. The van der Waals surface area contributed by atoms with Gasteiger partial charge in [0.25, 0.3) is 5.91 Å². The molecule has 29 heavy (non-hydrogen) atoms. The number of carbonyl (C=O) groups excluding carboxylic acids is 2. The predicted octanol–water partition coefficient (Wildman–Crippen LogP) is 5.73. The Morgan fingerprint density at radius 1 is 0.897 bits per heavy atom. The van der Waals surface area contributed by atoms with E-state index >= 15 is 0 Å². The van der Waals surface area contributed by atoms with Crippen LogP contribution in [0.1, 0.15) is 64.9 Å². The molecule has 0 spiro atoms. The minimum Gasteiger partial charge on any atom is -0.480 e. The minimum absolute atomic E-state index is 0.0105. The summed E-state index contributed by atoms with van der Waals surface area (Å²) in [5.74, 6) is 0.929. The Morgan fingerprint density at radius 2 is 1.52 bits per heavy atom. The molecule has 5 nitrogen and oxygen atoms in total. The molecule has 0 aliphatic heterocycles. The number of carbonyl (C=O) groups is 2. The third-order valence-corrected chi connectivity index (χ3v) is 4.91. The molecular weight excluding hydrogens is 364 g/mol. The van der Waals surface area contributed by atoms with Gasteiger partial charge in [-0.15, -0.1) is 0 Å². The van der Waals surface area contributed by atoms with Crippen molar-refractivity contribution in [3.8, 4) is 5.75 Å². The van der Waals surface area contributed by atoms with E-state index in [9.17, 15) is 9.59 Å². The van der Waals surface area contributed by atoms with E-state index in [4.69, 9.17) is 4.74 Å². The molecule has 0 aliphatic rings. The highest BCUT2D eigenvalue weighted by molar-refractivity contribution is 5.95. The molecule has 156 valence electrons. The molecule has 0 radical (unpaired) electrons. The summed E-state index contributed by atoms with van der Waals surface area (Å²) in [6.07, 6.45) is 2.28. The smallest absolute Gasteiger partial charge is 0.265 e. The second-order valence-electron chi connectivity index (χ2n) is 7.23. The Morgan fingerprint density at radius 3 is 2.10 bits per heavy atom. The molecule has 0 bridgehead atoms. The van der Waals surface area contributed by atoms with E-state index in [2.05, 4.69) is 30.5 Å². The molecule has 0 aromatic heterocycles. The molecule has 2 atom stereocenters. The van der Waals surface area contributed by atoms with Gasteiger partial charge in [0, 0.05) is 17.8 Å². The second kappa shape index (κ2) is 11.2. The number of ether oxygens (including phenoxy) is 1. The number of benzene rings is 2. The number of anilines is 2. The number of nitrogens with one attached hydrogen (secondary N) is 2. The number of hydrogen-bond donors (Lipinski definition) is 2. The van der Waals surface area contributed by atoms with Crippen LogP contribution in [0.25, 0.3) is 0 Å². The van der Waals surface area contributed by atoms with E-state index in [0.29, 0.717) is 30.1 Å². The second-order valence-corrected chi connectivity index (χ2v) is 7.23. The molecule has 0 fully saturated rings. The monoisotopic (exact) mass is 396 g/mol. The summed E-state index contributed by atoms with van der Waals surface area (Å²) in [7, 11) is 0. The first kappa shape index (κ1) is 22.5. The highest BCUT2D eigenvalue weighted by atomic mass is 16.5. The van der Waals surface area contributed by atoms with Gasteiger partial charge >= 0.3 is 0 Å². The normalized spacial score (nSPS) is 12.7. The highest BCUT2D eigenvalue weighted by Crippen LogP contribution is 2.29. The van der Waals surface area contributed by atoms with Gasteiger partial charge in [-0.1, -0.05) is 45.9 Å². The third-order valence-electron chi connectivity index (χ3n) is 4.91. The van der Waals surface area contributed by atoms with Gasteiger partial charge in [-0.3, -0.25) is 9.59 Å². The summed E-state index contributed by atoms with van der Waals surface area (Å²) in [5, 5.41) is 5.74. The molecule has 2 aromatic rings. The van der Waals surface area contributed by atoms with Gasteiger partial charge < -0.3 is 15.4 Å². The molecule has 5 heteroatoms. The fraction of sp³-hybridized carbons (Fsp3) is 0.417. The zero-order chi connectivity index (χ0) is 21.2. The molecule has 2 rings (SSSR count). The number of amides is 2. The van der Waals surface area contributed by atoms with Gasteiger partial charge in [0.15, 0.2) is 6.10 Å². The van der Waals surface area contributed by atoms with Gasteiger partial charge in [-0.2, -0.15) is 0 Å². The SMILES string of the molecule is CCCC(=O)Nc1ccc(NC(=O)C(CC)Oc2ccccc2C(C)CC)cc1. The summed E-state index contributed by atoms with van der Waals surface area (Å²) in [5.41, 5.74) is 2.50. The molecule has 2 aromatic carbocycles. The minimum atomic E-state index is -0.580. The molecule has 0 aliphatic carbocycles. The van der Waals surface area contributed by atoms with Crippen LogP contribution in [0, 0.1) is 0 Å². The van der Waals surface area contributed by atoms with Crippen LogP contribution >= 0.6 is 0 Å². The van der Waals surface area contributed by atoms with Crippen LogP contribution in [0.15, 0.2) is 48.5 Å². The standard InChI is InChI=1S/C24H32N2O3/c1-5-10-23(27)25-18-13-15-19(16-14-18)26-24(28)21(7-3)29-22-12-9-8-11-20(22)17(4)6-2/h8-9,11-17,21H,5-7,10H2,1-4H3,(H,25,27)(H,26,28). The molecule has 0 saturated carbocycles. The van der Waals surface area contributed by atoms with Crippen LogP contribution < -0.4 is 15.4 Å². The van der Waals surface area contributed by atoms with Crippen molar-refractivity contribution >= 4 is 23.2 Å². The van der Waals surface area contributed by atoms with E-state index in [1.165, 1.54) is 0 Å². The van der Waals surface area contributed by atoms with Gasteiger partial charge in [-0.25, -0.2) is 0 Å². The highest BCUT2D eigenvalue weighted by Gasteiger charge is 2.21. The van der Waals surface area contributed by atoms with Gasteiger partial charge in [0.1, 0.15) is 5.75 Å². The molecule has 2 unspecified atom stereocenters. The summed E-state index contributed by atoms with van der Waals surface area (Å²) in [6.45, 7) is 8.19. The fourth-order valence-electron chi connectivity index (χ4n) is 3.00. The zero-order valence-electron chi connectivity index (χ0n) is 17.8. The van der Waals surface area contributed by atoms with Gasteiger partial charge in [-0.05, 0) is 61.1 Å². The van der Waals surface area contributed by atoms with Crippen molar-refractivity contribution in [3.05, 3.63) is 54.1 Å². The van der Waals surface area contributed by atoms with Crippen LogP contribution in [-0.4, -0.2) is 17.9 Å². The lowest BCUT2D eigenvalue weighted by Gasteiger charge is -2.21. The third kappa shape index (κ3) is 6.63. The number of hydrogen-bond acceptors (Lipinski definition) is 3. The average Bonchev–Trinajstić information content (AvgIpc) is 2.73. The van der Waals surface area contributed by atoms with Crippen molar-refractivity contribution in [2.45, 2.75) is 65.4 Å². The molecule has 2 amide bonds. The van der Waals surface area contributed by atoms with Crippen molar-refractivity contribution < 1.29 is 14.3 Å². The average molecular weight is 397 g/mol. The quantitative estimate of drug-likeness (QED) is 0.538. The predicted molar refractivity (Wildman–Crippen MR) is 118 cm³/mol. The lowest BCUT2D eigenvalue weighted by atomic mass is 9.98. The lowest BCUT2D eigenvalue weighted by Crippen LogP contribution is -2.32. The zero-order valence-corrected chi connectivity index (χ0v) is 17.8. The Balaban J connectivity index is 2.02. The maximum Gasteiger partial charge on any atom is 0.265 e. The summed E-state index contributed by atoms with van der Waals surface area (Å²) < 4.78 is 6.09. The Bertz CT molecular complexity index is 802. The van der Waals surface area contributed by atoms with Crippen molar-refractivity contribution in [1.29, 1.82) is 0 Å². The van der Waals surface area contributed by atoms with Crippen LogP contribution in [0.4, 0.5) is 11.4 Å². The molecule has 2 N–H and O–H groups in total. The van der Waals surface area contributed by atoms with Gasteiger partial charge in [0.05, 0.1) is 0 Å². The van der Waals surface area contributed by atoms with E-state index in [-0.39, 0.29) is 11.8 Å². The van der Waals surface area contributed by atoms with Crippen molar-refractivity contribution in [3.63, 3.8) is 0 Å². The summed E-state index contributed by atoms with van der Waals surface area (Å²) in [4.78, 5) is 24.4. The first-order valence-electron chi connectivity index (χ1n) is 10.4.